The lowest BCUT2D eigenvalue weighted by atomic mass is 10.0. The highest BCUT2D eigenvalue weighted by atomic mass is 16.4. The molecule has 2 N–H and O–H groups in total. The monoisotopic (exact) mass is 320 g/mol. The summed E-state index contributed by atoms with van der Waals surface area (Å²) >= 11 is 0. The molecule has 0 radical (unpaired) electrons. The number of carboxylic acid groups (broad SMARTS) is 1. The largest absolute Gasteiger partial charge is 0.480 e. The summed E-state index contributed by atoms with van der Waals surface area (Å²) in [6.07, 6.45) is 0.333. The van der Waals surface area contributed by atoms with Crippen molar-refractivity contribution < 1.29 is 19.5 Å². The number of carbonyl (C=O) groups excluding carboxylic acids is 2. The predicted octanol–water partition coefficient (Wildman–Crippen LogP) is 2.04. The van der Waals surface area contributed by atoms with E-state index in [1.165, 1.54) is 11.8 Å². The van der Waals surface area contributed by atoms with Crippen LogP contribution in [0, 0.1) is 5.92 Å². The van der Waals surface area contributed by atoms with E-state index in [-0.39, 0.29) is 11.8 Å². The Morgan fingerprint density at radius 1 is 1.13 bits per heavy atom. The maximum absolute atomic E-state index is 12.4. The third kappa shape index (κ3) is 5.39. The van der Waals surface area contributed by atoms with Crippen molar-refractivity contribution in [1.29, 1.82) is 0 Å². The van der Waals surface area contributed by atoms with Crippen LogP contribution in [0.15, 0.2) is 30.3 Å². The summed E-state index contributed by atoms with van der Waals surface area (Å²) in [7, 11) is 0. The van der Waals surface area contributed by atoms with Gasteiger partial charge in [0.1, 0.15) is 12.1 Å². The number of carboxylic acids is 1. The van der Waals surface area contributed by atoms with Crippen molar-refractivity contribution in [3.8, 4) is 0 Å². The molecule has 1 rings (SSSR count). The lowest BCUT2D eigenvalue weighted by Crippen LogP contribution is -2.52. The lowest BCUT2D eigenvalue weighted by molar-refractivity contribution is -0.142. The molecule has 6 nitrogen and oxygen atoms in total. The van der Waals surface area contributed by atoms with Gasteiger partial charge in [-0.1, -0.05) is 32.0 Å². The maximum atomic E-state index is 12.4. The zero-order chi connectivity index (χ0) is 17.6. The smallest absolute Gasteiger partial charge is 0.326 e. The molecule has 0 aromatic heterocycles. The number of para-hydroxylation sites is 1. The van der Waals surface area contributed by atoms with Crippen LogP contribution in [0.1, 0.15) is 34.1 Å². The van der Waals surface area contributed by atoms with Gasteiger partial charge in [0, 0.05) is 12.6 Å². The third-order valence-corrected chi connectivity index (χ3v) is 3.46. The van der Waals surface area contributed by atoms with Crippen LogP contribution in [0.2, 0.25) is 0 Å². The van der Waals surface area contributed by atoms with Crippen molar-refractivity contribution in [3.63, 3.8) is 0 Å². The molecule has 126 valence electrons. The highest BCUT2D eigenvalue weighted by Gasteiger charge is 2.29. The Kier molecular flexibility index (Phi) is 6.75. The topological polar surface area (TPSA) is 86.7 Å². The van der Waals surface area contributed by atoms with Gasteiger partial charge in [0.2, 0.25) is 11.8 Å². The molecule has 0 aliphatic heterocycles. The van der Waals surface area contributed by atoms with Crippen LogP contribution in [0.3, 0.4) is 0 Å². The van der Waals surface area contributed by atoms with Crippen LogP contribution in [0.5, 0.6) is 0 Å². The van der Waals surface area contributed by atoms with Gasteiger partial charge < -0.3 is 15.3 Å². The van der Waals surface area contributed by atoms with E-state index in [1.807, 2.05) is 19.9 Å². The fraction of sp³-hybridized carbons (Fsp3) is 0.471. The Hall–Kier alpha value is -2.37. The van der Waals surface area contributed by atoms with Gasteiger partial charge in [-0.3, -0.25) is 9.59 Å². The summed E-state index contributed by atoms with van der Waals surface area (Å²) in [5.41, 5.74) is 0.596. The van der Waals surface area contributed by atoms with E-state index in [9.17, 15) is 19.5 Å². The van der Waals surface area contributed by atoms with Crippen LogP contribution >= 0.6 is 0 Å². The fourth-order valence-corrected chi connectivity index (χ4v) is 2.37. The molecule has 2 atom stereocenters. The van der Waals surface area contributed by atoms with E-state index in [0.29, 0.717) is 12.1 Å². The molecule has 1 aromatic rings. The summed E-state index contributed by atoms with van der Waals surface area (Å²) in [6.45, 7) is 6.73. The van der Waals surface area contributed by atoms with E-state index in [1.54, 1.807) is 31.2 Å². The molecule has 0 spiro atoms. The standard InChI is InChI=1S/C17H24N2O4/c1-11(2)10-15(17(22)23)18-16(21)12(3)19(13(4)20)14-8-6-5-7-9-14/h5-9,11-12,15H,10H2,1-4H3,(H,18,21)(H,22,23). The van der Waals surface area contributed by atoms with E-state index < -0.39 is 24.0 Å². The number of hydrogen-bond acceptors (Lipinski definition) is 3. The number of anilines is 1. The Bertz CT molecular complexity index is 557. The van der Waals surface area contributed by atoms with Crippen molar-refractivity contribution in [1.82, 2.24) is 5.32 Å². The normalized spacial score (nSPS) is 13.3. The van der Waals surface area contributed by atoms with Gasteiger partial charge in [-0.25, -0.2) is 4.79 Å². The van der Waals surface area contributed by atoms with Gasteiger partial charge in [0.25, 0.3) is 0 Å². The zero-order valence-corrected chi connectivity index (χ0v) is 13.9. The second-order valence-corrected chi connectivity index (χ2v) is 5.93. The van der Waals surface area contributed by atoms with E-state index in [2.05, 4.69) is 5.32 Å². The van der Waals surface area contributed by atoms with E-state index >= 15 is 0 Å². The molecule has 1 aromatic carbocycles. The average Bonchev–Trinajstić information content (AvgIpc) is 2.46. The van der Waals surface area contributed by atoms with Crippen LogP contribution in [0.25, 0.3) is 0 Å². The molecule has 23 heavy (non-hydrogen) atoms. The lowest BCUT2D eigenvalue weighted by Gasteiger charge is -2.28. The van der Waals surface area contributed by atoms with E-state index in [4.69, 9.17) is 0 Å². The molecular formula is C17H24N2O4. The quantitative estimate of drug-likeness (QED) is 0.805. The number of nitrogens with one attached hydrogen (secondary N) is 1. The Labute approximate surface area is 136 Å². The molecule has 0 aliphatic carbocycles. The van der Waals surface area contributed by atoms with Gasteiger partial charge in [0.05, 0.1) is 0 Å². The van der Waals surface area contributed by atoms with Crippen LogP contribution < -0.4 is 10.2 Å². The summed E-state index contributed by atoms with van der Waals surface area (Å²) in [5, 5.41) is 11.7. The third-order valence-electron chi connectivity index (χ3n) is 3.46. The average molecular weight is 320 g/mol. The number of nitrogens with zero attached hydrogens (tertiary/aromatic N) is 1. The van der Waals surface area contributed by atoms with Gasteiger partial charge >= 0.3 is 5.97 Å². The maximum Gasteiger partial charge on any atom is 0.326 e. The van der Waals surface area contributed by atoms with Gasteiger partial charge in [0.15, 0.2) is 0 Å². The van der Waals surface area contributed by atoms with Crippen molar-refractivity contribution >= 4 is 23.5 Å². The Balaban J connectivity index is 2.91. The molecule has 0 heterocycles. The summed E-state index contributed by atoms with van der Waals surface area (Å²) in [4.78, 5) is 36.9. The van der Waals surface area contributed by atoms with Crippen LogP contribution in [-0.4, -0.2) is 35.0 Å². The zero-order valence-electron chi connectivity index (χ0n) is 13.9. The van der Waals surface area contributed by atoms with Crippen molar-refractivity contribution in [2.24, 2.45) is 5.92 Å². The molecule has 0 saturated heterocycles. The van der Waals surface area contributed by atoms with Crippen molar-refractivity contribution in [3.05, 3.63) is 30.3 Å². The first-order chi connectivity index (χ1) is 10.7. The number of amides is 2. The minimum atomic E-state index is -1.08. The summed E-state index contributed by atoms with van der Waals surface area (Å²) in [5.74, 6) is -1.72. The number of aliphatic carboxylic acids is 1. The molecule has 2 unspecified atom stereocenters. The second-order valence-electron chi connectivity index (χ2n) is 5.93. The highest BCUT2D eigenvalue weighted by molar-refractivity contribution is 6.00. The minimum absolute atomic E-state index is 0.129. The molecule has 0 fully saturated rings. The number of hydrogen-bond donors (Lipinski definition) is 2. The Morgan fingerprint density at radius 3 is 2.13 bits per heavy atom. The van der Waals surface area contributed by atoms with Crippen molar-refractivity contribution in [2.45, 2.75) is 46.2 Å². The van der Waals surface area contributed by atoms with E-state index in [0.717, 1.165) is 0 Å². The molecule has 0 aliphatic rings. The minimum Gasteiger partial charge on any atom is -0.480 e. The number of rotatable bonds is 7. The van der Waals surface area contributed by atoms with Gasteiger partial charge in [-0.15, -0.1) is 0 Å². The van der Waals surface area contributed by atoms with Gasteiger partial charge in [-0.2, -0.15) is 0 Å². The number of benzene rings is 1. The molecule has 0 saturated carbocycles. The molecule has 2 amide bonds. The second kappa shape index (κ2) is 8.31. The first kappa shape index (κ1) is 18.7. The summed E-state index contributed by atoms with van der Waals surface area (Å²) in [6, 6.07) is 7.06. The molecule has 0 bridgehead atoms. The highest BCUT2D eigenvalue weighted by Crippen LogP contribution is 2.17. The SMILES string of the molecule is CC(=O)N(c1ccccc1)C(C)C(=O)NC(CC(C)C)C(=O)O. The number of carbonyl (C=O) groups is 3. The van der Waals surface area contributed by atoms with Gasteiger partial charge in [-0.05, 0) is 31.4 Å². The predicted molar refractivity (Wildman–Crippen MR) is 88.1 cm³/mol. The molecule has 6 heteroatoms. The van der Waals surface area contributed by atoms with Crippen LogP contribution in [-0.2, 0) is 14.4 Å². The Morgan fingerprint density at radius 2 is 1.70 bits per heavy atom. The first-order valence-electron chi connectivity index (χ1n) is 7.62. The van der Waals surface area contributed by atoms with Crippen LogP contribution in [0.4, 0.5) is 5.69 Å². The molecular weight excluding hydrogens is 296 g/mol. The summed E-state index contributed by atoms with van der Waals surface area (Å²) < 4.78 is 0. The fourth-order valence-electron chi connectivity index (χ4n) is 2.37. The first-order valence-corrected chi connectivity index (χ1v) is 7.62. The van der Waals surface area contributed by atoms with Crippen molar-refractivity contribution in [2.75, 3.05) is 4.90 Å².